The van der Waals surface area contributed by atoms with Gasteiger partial charge in [0.2, 0.25) is 0 Å². The number of sulfonamides is 1. The van der Waals surface area contributed by atoms with E-state index in [1.54, 1.807) is 49.8 Å². The largest absolute Gasteiger partial charge is 0.497 e. The smallest absolute Gasteiger partial charge is 0.424 e. The molecule has 0 aliphatic heterocycles. The van der Waals surface area contributed by atoms with E-state index in [1.165, 1.54) is 20.3 Å². The Kier molecular flexibility index (Phi) is 8.81. The third-order valence-corrected chi connectivity index (χ3v) is 8.60. The first-order chi connectivity index (χ1) is 19.3. The van der Waals surface area contributed by atoms with E-state index in [1.807, 2.05) is 13.1 Å². The molecule has 0 saturated heterocycles. The Bertz CT molecular complexity index is 1500. The van der Waals surface area contributed by atoms with Gasteiger partial charge in [0.25, 0.3) is 10.0 Å². The average Bonchev–Trinajstić information content (AvgIpc) is 3.53. The number of hydrogen-bond donors (Lipinski definition) is 0. The third kappa shape index (κ3) is 6.75. The predicted molar refractivity (Wildman–Crippen MR) is 149 cm³/mol. The molecule has 0 radical (unpaired) electrons. The van der Waals surface area contributed by atoms with Crippen LogP contribution >= 0.6 is 0 Å². The van der Waals surface area contributed by atoms with E-state index in [0.717, 1.165) is 37.1 Å². The Morgan fingerprint density at radius 3 is 2.41 bits per heavy atom. The Morgan fingerprint density at radius 1 is 1.07 bits per heavy atom. The van der Waals surface area contributed by atoms with Crippen LogP contribution in [-0.4, -0.2) is 54.5 Å². The van der Waals surface area contributed by atoms with Crippen LogP contribution in [0.4, 0.5) is 9.18 Å². The van der Waals surface area contributed by atoms with Crippen LogP contribution in [0.2, 0.25) is 0 Å². The minimum Gasteiger partial charge on any atom is -0.497 e. The summed E-state index contributed by atoms with van der Waals surface area (Å²) in [6.45, 7) is 4.37. The van der Waals surface area contributed by atoms with E-state index in [-0.39, 0.29) is 23.5 Å². The fraction of sp³-hybridized carbons (Fsp3) is 0.448. The molecule has 2 atom stereocenters. The van der Waals surface area contributed by atoms with Crippen molar-refractivity contribution in [2.75, 3.05) is 14.2 Å². The summed E-state index contributed by atoms with van der Waals surface area (Å²) in [5.74, 6) is -0.00576. The Labute approximate surface area is 240 Å². The highest BCUT2D eigenvalue weighted by Gasteiger charge is 2.37. The summed E-state index contributed by atoms with van der Waals surface area (Å²) in [4.78, 5) is 12.5. The number of nitrogens with zero attached hydrogens (tertiary/aromatic N) is 3. The van der Waals surface area contributed by atoms with Gasteiger partial charge in [-0.05, 0) is 70.4 Å². The topological polar surface area (TPSA) is 109 Å². The third-order valence-electron chi connectivity index (χ3n) is 6.86. The Balaban J connectivity index is 1.64. The highest BCUT2D eigenvalue weighted by Crippen LogP contribution is 2.38. The Hall–Kier alpha value is -3.80. The lowest BCUT2D eigenvalue weighted by Crippen LogP contribution is -2.40. The zero-order valence-corrected chi connectivity index (χ0v) is 24.9. The first kappa shape index (κ1) is 30.2. The molecule has 222 valence electrons. The molecule has 1 aromatic heterocycles. The zero-order chi connectivity index (χ0) is 29.9. The predicted octanol–water partition coefficient (Wildman–Crippen LogP) is 5.42. The number of carbonyl (C=O) groups excluding carboxylic acids is 1. The molecule has 1 aliphatic rings. The molecule has 1 amide bonds. The van der Waals surface area contributed by atoms with Gasteiger partial charge in [-0.25, -0.2) is 17.6 Å². The summed E-state index contributed by atoms with van der Waals surface area (Å²) in [6, 6.07) is 10.2. The molecule has 1 fully saturated rings. The lowest BCUT2D eigenvalue weighted by atomic mass is 10.0. The summed E-state index contributed by atoms with van der Waals surface area (Å²) < 4.78 is 67.5. The molecular formula is C29H36FN3O7S. The molecule has 0 spiro atoms. The van der Waals surface area contributed by atoms with Gasteiger partial charge in [-0.1, -0.05) is 0 Å². The first-order valence-corrected chi connectivity index (χ1v) is 14.7. The molecule has 10 nitrogen and oxygen atoms in total. The summed E-state index contributed by atoms with van der Waals surface area (Å²) in [5.41, 5.74) is 0.371. The molecule has 4 rings (SSSR count). The fourth-order valence-electron chi connectivity index (χ4n) is 4.91. The molecule has 1 heterocycles. The van der Waals surface area contributed by atoms with E-state index in [9.17, 15) is 13.2 Å². The molecule has 3 aromatic rings. The van der Waals surface area contributed by atoms with Crippen LogP contribution in [-0.2, 0) is 28.4 Å². The van der Waals surface area contributed by atoms with Gasteiger partial charge in [-0.3, -0.25) is 4.68 Å². The van der Waals surface area contributed by atoms with Gasteiger partial charge in [0.15, 0.2) is 0 Å². The second kappa shape index (κ2) is 12.0. The van der Waals surface area contributed by atoms with Gasteiger partial charge in [-0.2, -0.15) is 9.40 Å². The van der Waals surface area contributed by atoms with Crippen LogP contribution in [0, 0.1) is 5.82 Å². The summed E-state index contributed by atoms with van der Waals surface area (Å²) in [7, 11) is 0.0437. The van der Waals surface area contributed by atoms with Crippen molar-refractivity contribution in [2.24, 2.45) is 7.05 Å². The lowest BCUT2D eigenvalue weighted by molar-refractivity contribution is 0.0380. The molecule has 12 heteroatoms. The van der Waals surface area contributed by atoms with Gasteiger partial charge >= 0.3 is 6.09 Å². The molecule has 1 saturated carbocycles. The van der Waals surface area contributed by atoms with Crippen LogP contribution in [0.25, 0.3) is 0 Å². The zero-order valence-electron chi connectivity index (χ0n) is 24.1. The number of hydrogen-bond acceptors (Lipinski definition) is 8. The fourth-order valence-corrected chi connectivity index (χ4v) is 6.23. The van der Waals surface area contributed by atoms with Gasteiger partial charge in [0.05, 0.1) is 20.8 Å². The number of carbonyl (C=O) groups is 1. The van der Waals surface area contributed by atoms with Crippen LogP contribution in [0.1, 0.15) is 57.2 Å². The van der Waals surface area contributed by atoms with E-state index in [2.05, 4.69) is 5.10 Å². The standard InChI is InChI=1S/C29H36FN3O7S/c1-29(2,3)40-28(34)33(18-19-10-11-20(37-5)17-26(19)38-6)41(35,36)27-13-12-21(16-23(27)30)39-25-9-7-8-22(25)24-14-15-31-32(24)4/h10-17,22,25H,7-9,18H2,1-6H3/t22-,25+/m1/s1. The van der Waals surface area contributed by atoms with E-state index in [4.69, 9.17) is 18.9 Å². The van der Waals surface area contributed by atoms with Crippen molar-refractivity contribution < 1.29 is 36.6 Å². The molecule has 41 heavy (non-hydrogen) atoms. The number of amides is 1. The first-order valence-electron chi connectivity index (χ1n) is 13.2. The molecule has 1 aliphatic carbocycles. The van der Waals surface area contributed by atoms with Crippen molar-refractivity contribution in [3.8, 4) is 17.2 Å². The molecular weight excluding hydrogens is 553 g/mol. The summed E-state index contributed by atoms with van der Waals surface area (Å²) in [6.07, 6.45) is 2.97. The van der Waals surface area contributed by atoms with Gasteiger partial charge in [0, 0.05) is 42.6 Å². The highest BCUT2D eigenvalue weighted by atomic mass is 32.2. The van der Waals surface area contributed by atoms with Crippen molar-refractivity contribution in [1.29, 1.82) is 0 Å². The average molecular weight is 590 g/mol. The van der Waals surface area contributed by atoms with Crippen molar-refractivity contribution in [3.63, 3.8) is 0 Å². The monoisotopic (exact) mass is 589 g/mol. The maximum Gasteiger partial charge on any atom is 0.424 e. The van der Waals surface area contributed by atoms with Crippen LogP contribution in [0.5, 0.6) is 17.2 Å². The molecule has 0 bridgehead atoms. The summed E-state index contributed by atoms with van der Waals surface area (Å²) in [5, 5.41) is 4.24. The number of halogens is 1. The van der Waals surface area contributed by atoms with E-state index in [0.29, 0.717) is 15.6 Å². The summed E-state index contributed by atoms with van der Waals surface area (Å²) >= 11 is 0. The van der Waals surface area contributed by atoms with Gasteiger partial charge in [0.1, 0.15) is 39.7 Å². The second-order valence-corrected chi connectivity index (χ2v) is 12.7. The SMILES string of the molecule is COc1ccc(CN(C(=O)OC(C)(C)C)S(=O)(=O)c2ccc(O[C@H]3CCC[C@@H]3c3ccnn3C)cc2F)c(OC)c1. The van der Waals surface area contributed by atoms with Gasteiger partial charge < -0.3 is 18.9 Å². The molecule has 0 N–H and O–H groups in total. The number of aryl methyl sites for hydroxylation is 1. The number of rotatable bonds is 9. The van der Waals surface area contributed by atoms with E-state index >= 15 is 4.39 Å². The second-order valence-electron chi connectivity index (χ2n) is 10.8. The minimum atomic E-state index is -4.71. The maximum absolute atomic E-state index is 15.5. The Morgan fingerprint density at radius 2 is 1.80 bits per heavy atom. The van der Waals surface area contributed by atoms with Crippen molar-refractivity contribution in [2.45, 2.75) is 69.1 Å². The highest BCUT2D eigenvalue weighted by molar-refractivity contribution is 7.89. The van der Waals surface area contributed by atoms with Crippen molar-refractivity contribution >= 4 is 16.1 Å². The van der Waals surface area contributed by atoms with E-state index < -0.39 is 39.0 Å². The van der Waals surface area contributed by atoms with Gasteiger partial charge in [-0.15, -0.1) is 0 Å². The minimum absolute atomic E-state index is 0.0797. The van der Waals surface area contributed by atoms with Crippen molar-refractivity contribution in [1.82, 2.24) is 14.1 Å². The molecule has 2 aromatic carbocycles. The van der Waals surface area contributed by atoms with Crippen LogP contribution < -0.4 is 14.2 Å². The number of benzene rings is 2. The van der Waals surface area contributed by atoms with Crippen molar-refractivity contribution in [3.05, 3.63) is 65.7 Å². The lowest BCUT2D eigenvalue weighted by Gasteiger charge is -2.28. The number of aromatic nitrogens is 2. The maximum atomic E-state index is 15.5. The normalized spacial score (nSPS) is 17.2. The quantitative estimate of drug-likeness (QED) is 0.326. The van der Waals surface area contributed by atoms with Crippen LogP contribution in [0.3, 0.4) is 0 Å². The van der Waals surface area contributed by atoms with Crippen LogP contribution in [0.15, 0.2) is 53.6 Å². The molecule has 0 unspecified atom stereocenters. The number of ether oxygens (including phenoxy) is 4. The number of methoxy groups -OCH3 is 2.